The average Bonchev–Trinajstić information content (AvgIpc) is 2.83. The van der Waals surface area contributed by atoms with Crippen molar-refractivity contribution in [3.05, 3.63) is 29.8 Å². The Bertz CT molecular complexity index is 988. The summed E-state index contributed by atoms with van der Waals surface area (Å²) in [6.07, 6.45) is 0.585. The number of alkyl carbamates (subject to hydrolysis) is 1. The number of amides is 3. The number of rotatable bonds is 14. The summed E-state index contributed by atoms with van der Waals surface area (Å²) in [5.41, 5.74) is -0.531. The first kappa shape index (κ1) is 34.7. The van der Waals surface area contributed by atoms with Crippen LogP contribution in [-0.2, 0) is 23.9 Å². The standard InChI is InChI=1S/C30H49N3O7/c1-10-39-24(35)17-18-31-27(36)26(22-13-11-12-14-23(22)34)33(21(6)16-15-19(2)3)28(37)25(20(4)5)32-29(38)40-30(7,8)9/h11-14,19-21,25-26,34H,10,15-18H2,1-9H3,(H,31,36)(H,32,38). The van der Waals surface area contributed by atoms with E-state index in [1.54, 1.807) is 59.7 Å². The van der Waals surface area contributed by atoms with Crippen molar-refractivity contribution in [2.75, 3.05) is 13.2 Å². The van der Waals surface area contributed by atoms with Gasteiger partial charge in [-0.2, -0.15) is 0 Å². The number of hydrogen-bond donors (Lipinski definition) is 3. The van der Waals surface area contributed by atoms with E-state index in [-0.39, 0.29) is 36.8 Å². The topological polar surface area (TPSA) is 134 Å². The summed E-state index contributed by atoms with van der Waals surface area (Å²) < 4.78 is 10.4. The zero-order valence-corrected chi connectivity index (χ0v) is 25.6. The second kappa shape index (κ2) is 16.1. The van der Waals surface area contributed by atoms with Gasteiger partial charge in [-0.05, 0) is 65.4 Å². The molecule has 0 aliphatic heterocycles. The van der Waals surface area contributed by atoms with Crippen LogP contribution >= 0.6 is 0 Å². The molecule has 0 aliphatic rings. The SMILES string of the molecule is CCOC(=O)CCNC(=O)C(c1ccccc1O)N(C(=O)C(NC(=O)OC(C)(C)C)C(C)C)C(C)CCC(C)C. The number of aromatic hydroxyl groups is 1. The molecule has 3 atom stereocenters. The van der Waals surface area contributed by atoms with Crippen molar-refractivity contribution in [1.82, 2.24) is 15.5 Å². The Kier molecular flexibility index (Phi) is 14.0. The number of carbonyl (C=O) groups is 4. The lowest BCUT2D eigenvalue weighted by molar-refractivity contribution is -0.146. The molecule has 0 fully saturated rings. The van der Waals surface area contributed by atoms with Crippen molar-refractivity contribution in [3.63, 3.8) is 0 Å². The largest absolute Gasteiger partial charge is 0.508 e. The number of nitrogens with one attached hydrogen (secondary N) is 2. The third-order valence-corrected chi connectivity index (χ3v) is 6.19. The van der Waals surface area contributed by atoms with Crippen LogP contribution in [-0.4, -0.2) is 64.7 Å². The zero-order valence-electron chi connectivity index (χ0n) is 25.6. The highest BCUT2D eigenvalue weighted by Crippen LogP contribution is 2.33. The number of esters is 1. The van der Waals surface area contributed by atoms with Gasteiger partial charge in [-0.25, -0.2) is 4.79 Å². The van der Waals surface area contributed by atoms with Crippen LogP contribution in [0.3, 0.4) is 0 Å². The molecule has 1 rings (SSSR count). The number of benzene rings is 1. The molecule has 3 N–H and O–H groups in total. The van der Waals surface area contributed by atoms with Crippen molar-refractivity contribution in [3.8, 4) is 5.75 Å². The Balaban J connectivity index is 3.55. The smallest absolute Gasteiger partial charge is 0.408 e. The molecule has 226 valence electrons. The predicted molar refractivity (Wildman–Crippen MR) is 153 cm³/mol. The molecule has 0 aliphatic carbocycles. The van der Waals surface area contributed by atoms with Crippen LogP contribution in [0.1, 0.15) is 93.2 Å². The highest BCUT2D eigenvalue weighted by atomic mass is 16.6. The molecule has 3 amide bonds. The molecule has 40 heavy (non-hydrogen) atoms. The van der Waals surface area contributed by atoms with E-state index in [0.717, 1.165) is 6.42 Å². The lowest BCUT2D eigenvalue weighted by Crippen LogP contribution is -2.57. The number of para-hydroxylation sites is 1. The van der Waals surface area contributed by atoms with E-state index in [1.807, 2.05) is 6.92 Å². The number of phenols is 1. The van der Waals surface area contributed by atoms with Gasteiger partial charge in [-0.1, -0.05) is 45.9 Å². The van der Waals surface area contributed by atoms with E-state index in [4.69, 9.17) is 9.47 Å². The zero-order chi connectivity index (χ0) is 30.6. The van der Waals surface area contributed by atoms with Gasteiger partial charge in [0.15, 0.2) is 0 Å². The fraction of sp³-hybridized carbons (Fsp3) is 0.667. The van der Waals surface area contributed by atoms with E-state index >= 15 is 0 Å². The van der Waals surface area contributed by atoms with Crippen LogP contribution in [0.15, 0.2) is 24.3 Å². The summed E-state index contributed by atoms with van der Waals surface area (Å²) in [5.74, 6) is -1.63. The van der Waals surface area contributed by atoms with Gasteiger partial charge >= 0.3 is 12.1 Å². The molecule has 0 spiro atoms. The molecular weight excluding hydrogens is 514 g/mol. The van der Waals surface area contributed by atoms with Gasteiger partial charge in [0.05, 0.1) is 13.0 Å². The number of hydrogen-bond acceptors (Lipinski definition) is 7. The number of phenolic OH excluding ortho intramolecular Hbond substituents is 1. The second-order valence-electron chi connectivity index (χ2n) is 11.7. The Morgan fingerprint density at radius 3 is 2.15 bits per heavy atom. The normalized spacial score (nSPS) is 13.8. The highest BCUT2D eigenvalue weighted by Gasteiger charge is 2.40. The van der Waals surface area contributed by atoms with E-state index in [0.29, 0.717) is 12.3 Å². The van der Waals surface area contributed by atoms with E-state index < -0.39 is 47.6 Å². The van der Waals surface area contributed by atoms with Crippen molar-refractivity contribution in [1.29, 1.82) is 0 Å². The molecule has 0 radical (unpaired) electrons. The highest BCUT2D eigenvalue weighted by molar-refractivity contribution is 5.93. The van der Waals surface area contributed by atoms with Gasteiger partial charge in [0.2, 0.25) is 11.8 Å². The number of nitrogens with zero attached hydrogens (tertiary/aromatic N) is 1. The van der Waals surface area contributed by atoms with Gasteiger partial charge in [-0.15, -0.1) is 0 Å². The summed E-state index contributed by atoms with van der Waals surface area (Å²) in [7, 11) is 0. The second-order valence-corrected chi connectivity index (χ2v) is 11.7. The first-order valence-corrected chi connectivity index (χ1v) is 14.1. The maximum Gasteiger partial charge on any atom is 0.408 e. The number of ether oxygens (including phenoxy) is 2. The van der Waals surface area contributed by atoms with Gasteiger partial charge in [0, 0.05) is 18.2 Å². The van der Waals surface area contributed by atoms with Gasteiger partial charge in [0.1, 0.15) is 23.4 Å². The summed E-state index contributed by atoms with van der Waals surface area (Å²) >= 11 is 0. The Labute approximate surface area is 239 Å². The van der Waals surface area contributed by atoms with Gasteiger partial charge in [-0.3, -0.25) is 14.4 Å². The van der Waals surface area contributed by atoms with E-state index in [9.17, 15) is 24.3 Å². The minimum Gasteiger partial charge on any atom is -0.508 e. The lowest BCUT2D eigenvalue weighted by Gasteiger charge is -2.39. The summed E-state index contributed by atoms with van der Waals surface area (Å²) in [6.45, 7) is 16.7. The molecular formula is C30H49N3O7. The molecule has 0 saturated heterocycles. The quantitative estimate of drug-likeness (QED) is 0.279. The van der Waals surface area contributed by atoms with Crippen molar-refractivity contribution in [2.24, 2.45) is 11.8 Å². The summed E-state index contributed by atoms with van der Waals surface area (Å²) in [4.78, 5) is 54.0. The number of carbonyl (C=O) groups excluding carboxylic acids is 4. The van der Waals surface area contributed by atoms with Crippen LogP contribution in [0, 0.1) is 11.8 Å². The average molecular weight is 564 g/mol. The van der Waals surface area contributed by atoms with Crippen molar-refractivity contribution in [2.45, 2.75) is 105 Å². The third kappa shape index (κ3) is 11.4. The fourth-order valence-electron chi connectivity index (χ4n) is 4.17. The lowest BCUT2D eigenvalue weighted by atomic mass is 9.94. The molecule has 10 heteroatoms. The minimum atomic E-state index is -1.22. The van der Waals surface area contributed by atoms with Crippen LogP contribution in [0.4, 0.5) is 4.79 Å². The molecule has 1 aromatic rings. The summed E-state index contributed by atoms with van der Waals surface area (Å²) in [5, 5.41) is 16.2. The first-order valence-electron chi connectivity index (χ1n) is 14.1. The molecule has 0 saturated carbocycles. The fourth-order valence-corrected chi connectivity index (χ4v) is 4.17. The first-order chi connectivity index (χ1) is 18.6. The molecule has 0 heterocycles. The maximum absolute atomic E-state index is 14.3. The Hall–Kier alpha value is -3.30. The Morgan fingerprint density at radius 1 is 1.00 bits per heavy atom. The van der Waals surface area contributed by atoms with E-state index in [2.05, 4.69) is 24.5 Å². The molecule has 0 aromatic heterocycles. The Morgan fingerprint density at radius 2 is 1.62 bits per heavy atom. The van der Waals surface area contributed by atoms with Gasteiger partial charge < -0.3 is 30.1 Å². The summed E-state index contributed by atoms with van der Waals surface area (Å²) in [6, 6.07) is 3.69. The predicted octanol–water partition coefficient (Wildman–Crippen LogP) is 4.71. The van der Waals surface area contributed by atoms with Crippen LogP contribution in [0.25, 0.3) is 0 Å². The van der Waals surface area contributed by atoms with E-state index in [1.165, 1.54) is 11.0 Å². The molecule has 1 aromatic carbocycles. The molecule has 3 unspecified atom stereocenters. The minimum absolute atomic E-state index is 0.00602. The maximum atomic E-state index is 14.3. The molecule has 10 nitrogen and oxygen atoms in total. The van der Waals surface area contributed by atoms with Crippen molar-refractivity contribution < 1.29 is 33.8 Å². The third-order valence-electron chi connectivity index (χ3n) is 6.19. The van der Waals surface area contributed by atoms with Gasteiger partial charge in [0.25, 0.3) is 0 Å². The monoisotopic (exact) mass is 563 g/mol. The van der Waals surface area contributed by atoms with Crippen LogP contribution in [0.2, 0.25) is 0 Å². The van der Waals surface area contributed by atoms with Crippen LogP contribution in [0.5, 0.6) is 5.75 Å². The van der Waals surface area contributed by atoms with Crippen molar-refractivity contribution >= 4 is 23.9 Å². The van der Waals surface area contributed by atoms with Crippen LogP contribution < -0.4 is 10.6 Å². The molecule has 0 bridgehead atoms.